The standard InChI is InChI=1S/C19H16ClN3O4/c1-10(24)17-11(2)27-19(15(17)8-21)22-18(26)12-7-16(25)23(9-12)14-5-3-13(20)4-6-14/h3-6,12H,7,9H2,1-2H3,(H,22,26). The number of hydrogen-bond acceptors (Lipinski definition) is 5. The molecule has 27 heavy (non-hydrogen) atoms. The Morgan fingerprint density at radius 2 is 2.00 bits per heavy atom. The number of amides is 2. The molecule has 138 valence electrons. The molecule has 2 aromatic rings. The minimum atomic E-state index is -0.606. The summed E-state index contributed by atoms with van der Waals surface area (Å²) in [6, 6.07) is 8.66. The highest BCUT2D eigenvalue weighted by molar-refractivity contribution is 6.30. The molecule has 1 saturated heterocycles. The van der Waals surface area contributed by atoms with Crippen LogP contribution in [-0.4, -0.2) is 24.1 Å². The number of anilines is 2. The van der Waals surface area contributed by atoms with E-state index in [2.05, 4.69) is 5.32 Å². The van der Waals surface area contributed by atoms with Crippen molar-refractivity contribution in [3.63, 3.8) is 0 Å². The van der Waals surface area contributed by atoms with E-state index in [1.165, 1.54) is 11.8 Å². The predicted octanol–water partition coefficient (Wildman–Crippen LogP) is 3.31. The molecule has 1 N–H and O–H groups in total. The number of ketones is 1. The highest BCUT2D eigenvalue weighted by Crippen LogP contribution is 2.30. The molecule has 1 atom stereocenters. The maximum atomic E-state index is 12.6. The number of hydrogen-bond donors (Lipinski definition) is 1. The van der Waals surface area contributed by atoms with E-state index in [1.807, 2.05) is 6.07 Å². The minimum absolute atomic E-state index is 0.00719. The number of furan rings is 1. The van der Waals surface area contributed by atoms with Crippen LogP contribution in [0.1, 0.15) is 35.0 Å². The highest BCUT2D eigenvalue weighted by atomic mass is 35.5. The van der Waals surface area contributed by atoms with Crippen LogP contribution < -0.4 is 10.2 Å². The van der Waals surface area contributed by atoms with E-state index in [-0.39, 0.29) is 47.4 Å². The molecule has 0 spiro atoms. The number of Topliss-reactive ketones (excluding diaryl/α,β-unsaturated/α-hetero) is 1. The summed E-state index contributed by atoms with van der Waals surface area (Å²) in [5.74, 6) is -1.36. The van der Waals surface area contributed by atoms with Crippen LogP contribution in [0.15, 0.2) is 28.7 Å². The molecule has 0 radical (unpaired) electrons. The number of halogens is 1. The van der Waals surface area contributed by atoms with Gasteiger partial charge in [0.2, 0.25) is 17.7 Å². The van der Waals surface area contributed by atoms with Gasteiger partial charge in [-0.3, -0.25) is 19.7 Å². The normalized spacial score (nSPS) is 16.3. The van der Waals surface area contributed by atoms with Gasteiger partial charge < -0.3 is 9.32 Å². The number of nitrogens with zero attached hydrogens (tertiary/aromatic N) is 2. The lowest BCUT2D eigenvalue weighted by molar-refractivity contribution is -0.122. The minimum Gasteiger partial charge on any atom is -0.443 e. The van der Waals surface area contributed by atoms with Gasteiger partial charge in [0, 0.05) is 23.7 Å². The van der Waals surface area contributed by atoms with Crippen LogP contribution in [-0.2, 0) is 9.59 Å². The lowest BCUT2D eigenvalue weighted by Crippen LogP contribution is -2.28. The predicted molar refractivity (Wildman–Crippen MR) is 98.7 cm³/mol. The molecule has 1 aromatic carbocycles. The number of nitrogens with one attached hydrogen (secondary N) is 1. The molecule has 1 unspecified atom stereocenters. The lowest BCUT2D eigenvalue weighted by Gasteiger charge is -2.16. The molecule has 8 heteroatoms. The van der Waals surface area contributed by atoms with Crippen LogP contribution in [0.3, 0.4) is 0 Å². The maximum absolute atomic E-state index is 12.6. The molecule has 1 aliphatic rings. The first kappa shape index (κ1) is 18.7. The third kappa shape index (κ3) is 3.57. The molecule has 0 saturated carbocycles. The number of carbonyl (C=O) groups excluding carboxylic acids is 3. The monoisotopic (exact) mass is 385 g/mol. The van der Waals surface area contributed by atoms with Crippen molar-refractivity contribution in [2.75, 3.05) is 16.8 Å². The Kier molecular flexibility index (Phi) is 5.02. The fourth-order valence-corrected chi connectivity index (χ4v) is 3.26. The molecular formula is C19H16ClN3O4. The molecule has 1 aliphatic heterocycles. The summed E-state index contributed by atoms with van der Waals surface area (Å²) in [5.41, 5.74) is 0.801. The molecule has 7 nitrogen and oxygen atoms in total. The zero-order chi connectivity index (χ0) is 19.7. The summed E-state index contributed by atoms with van der Waals surface area (Å²) in [7, 11) is 0. The first-order chi connectivity index (χ1) is 12.8. The van der Waals surface area contributed by atoms with Crippen LogP contribution in [0.2, 0.25) is 5.02 Å². The second kappa shape index (κ2) is 7.25. The molecule has 1 fully saturated rings. The fourth-order valence-electron chi connectivity index (χ4n) is 3.13. The first-order valence-corrected chi connectivity index (χ1v) is 8.60. The van der Waals surface area contributed by atoms with Gasteiger partial charge >= 0.3 is 0 Å². The molecule has 2 amide bonds. The smallest absolute Gasteiger partial charge is 0.232 e. The van der Waals surface area contributed by atoms with Crippen molar-refractivity contribution in [2.45, 2.75) is 20.3 Å². The van der Waals surface area contributed by atoms with Crippen molar-refractivity contribution in [3.8, 4) is 6.07 Å². The first-order valence-electron chi connectivity index (χ1n) is 8.23. The summed E-state index contributed by atoms with van der Waals surface area (Å²) < 4.78 is 5.39. The zero-order valence-corrected chi connectivity index (χ0v) is 15.5. The number of nitriles is 1. The van der Waals surface area contributed by atoms with Gasteiger partial charge in [-0.05, 0) is 38.1 Å². The van der Waals surface area contributed by atoms with Gasteiger partial charge in [0.1, 0.15) is 17.4 Å². The third-order valence-electron chi connectivity index (χ3n) is 4.42. The Labute approximate surface area is 160 Å². The number of rotatable bonds is 4. The number of aryl methyl sites for hydroxylation is 1. The lowest BCUT2D eigenvalue weighted by atomic mass is 10.1. The number of carbonyl (C=O) groups is 3. The van der Waals surface area contributed by atoms with Crippen molar-refractivity contribution in [1.29, 1.82) is 5.26 Å². The van der Waals surface area contributed by atoms with Crippen LogP contribution >= 0.6 is 11.6 Å². The van der Waals surface area contributed by atoms with Crippen LogP contribution in [0.5, 0.6) is 0 Å². The average molecular weight is 386 g/mol. The van der Waals surface area contributed by atoms with Crippen LogP contribution in [0.25, 0.3) is 0 Å². The van der Waals surface area contributed by atoms with Crippen molar-refractivity contribution in [2.24, 2.45) is 5.92 Å². The van der Waals surface area contributed by atoms with Crippen molar-refractivity contribution >= 4 is 40.8 Å². The largest absolute Gasteiger partial charge is 0.443 e. The summed E-state index contributed by atoms with van der Waals surface area (Å²) in [6.45, 7) is 3.08. The van der Waals surface area contributed by atoms with Crippen molar-refractivity contribution < 1.29 is 18.8 Å². The van der Waals surface area contributed by atoms with E-state index in [1.54, 1.807) is 31.2 Å². The molecule has 0 bridgehead atoms. The molecule has 3 rings (SSSR count). The quantitative estimate of drug-likeness (QED) is 0.813. The van der Waals surface area contributed by atoms with E-state index in [4.69, 9.17) is 16.0 Å². The average Bonchev–Trinajstić information content (AvgIpc) is 3.15. The molecule has 1 aromatic heterocycles. The second-order valence-electron chi connectivity index (χ2n) is 6.28. The van der Waals surface area contributed by atoms with E-state index in [0.717, 1.165) is 0 Å². The summed E-state index contributed by atoms with van der Waals surface area (Å²) in [5, 5.41) is 12.4. The van der Waals surface area contributed by atoms with Crippen molar-refractivity contribution in [1.82, 2.24) is 0 Å². The zero-order valence-electron chi connectivity index (χ0n) is 14.7. The second-order valence-corrected chi connectivity index (χ2v) is 6.71. The van der Waals surface area contributed by atoms with Gasteiger partial charge in [-0.15, -0.1) is 0 Å². The van der Waals surface area contributed by atoms with Gasteiger partial charge in [-0.25, -0.2) is 0 Å². The van der Waals surface area contributed by atoms with Gasteiger partial charge in [-0.1, -0.05) is 11.6 Å². The Morgan fingerprint density at radius 1 is 1.33 bits per heavy atom. The SMILES string of the molecule is CC(=O)c1c(C)oc(NC(=O)C2CC(=O)N(c3ccc(Cl)cc3)C2)c1C#N. The molecule has 2 heterocycles. The van der Waals surface area contributed by atoms with Gasteiger partial charge in [-0.2, -0.15) is 5.26 Å². The van der Waals surface area contributed by atoms with Crippen LogP contribution in [0, 0.1) is 24.2 Å². The van der Waals surface area contributed by atoms with E-state index in [9.17, 15) is 19.6 Å². The van der Waals surface area contributed by atoms with E-state index in [0.29, 0.717) is 10.7 Å². The molecular weight excluding hydrogens is 370 g/mol. The highest BCUT2D eigenvalue weighted by Gasteiger charge is 2.36. The topological polar surface area (TPSA) is 103 Å². The van der Waals surface area contributed by atoms with Crippen LogP contribution in [0.4, 0.5) is 11.6 Å². The van der Waals surface area contributed by atoms with E-state index >= 15 is 0 Å². The maximum Gasteiger partial charge on any atom is 0.232 e. The number of benzene rings is 1. The van der Waals surface area contributed by atoms with Gasteiger partial charge in [0.15, 0.2) is 5.78 Å². The summed E-state index contributed by atoms with van der Waals surface area (Å²) >= 11 is 5.86. The van der Waals surface area contributed by atoms with E-state index < -0.39 is 11.8 Å². The molecule has 0 aliphatic carbocycles. The summed E-state index contributed by atoms with van der Waals surface area (Å²) in [6.07, 6.45) is 0.0373. The summed E-state index contributed by atoms with van der Waals surface area (Å²) in [4.78, 5) is 38.1. The van der Waals surface area contributed by atoms with Gasteiger partial charge in [0.25, 0.3) is 0 Å². The Bertz CT molecular complexity index is 972. The fraction of sp³-hybridized carbons (Fsp3) is 0.263. The Morgan fingerprint density at radius 3 is 2.59 bits per heavy atom. The van der Waals surface area contributed by atoms with Crippen molar-refractivity contribution in [3.05, 3.63) is 46.2 Å². The van der Waals surface area contributed by atoms with Gasteiger partial charge in [0.05, 0.1) is 11.5 Å². The Hall–Kier alpha value is -3.11. The third-order valence-corrected chi connectivity index (χ3v) is 4.67. The Balaban J connectivity index is 1.77.